The molecule has 0 unspecified atom stereocenters. The first kappa shape index (κ1) is 18.4. The highest BCUT2D eigenvalue weighted by Gasteiger charge is 2.22. The molecule has 0 saturated carbocycles. The summed E-state index contributed by atoms with van der Waals surface area (Å²) >= 11 is 2.36. The van der Waals surface area contributed by atoms with Gasteiger partial charge in [-0.3, -0.25) is 0 Å². The van der Waals surface area contributed by atoms with E-state index in [-0.39, 0.29) is 5.41 Å². The molecule has 0 N–H and O–H groups in total. The van der Waals surface area contributed by atoms with E-state index in [1.165, 1.54) is 22.0 Å². The van der Waals surface area contributed by atoms with Crippen LogP contribution in [0.2, 0.25) is 0 Å². The quantitative estimate of drug-likeness (QED) is 0.455. The third kappa shape index (κ3) is 4.06. The lowest BCUT2D eigenvalue weighted by Gasteiger charge is -2.23. The lowest BCUT2D eigenvalue weighted by molar-refractivity contribution is 0.124. The summed E-state index contributed by atoms with van der Waals surface area (Å²) in [6.07, 6.45) is 0. The molecule has 0 amide bonds. The zero-order chi connectivity index (χ0) is 18.0. The molecule has 0 aliphatic carbocycles. The van der Waals surface area contributed by atoms with Crippen molar-refractivity contribution in [3.8, 4) is 11.3 Å². The van der Waals surface area contributed by atoms with Gasteiger partial charge in [-0.15, -0.1) is 0 Å². The molecule has 0 fully saturated rings. The highest BCUT2D eigenvalue weighted by atomic mass is 127. The van der Waals surface area contributed by atoms with Gasteiger partial charge in [-0.25, -0.2) is 4.98 Å². The summed E-state index contributed by atoms with van der Waals surface area (Å²) in [7, 11) is 0. The molecular formula is C21H25IN2O. The molecule has 0 aliphatic rings. The van der Waals surface area contributed by atoms with Crippen molar-refractivity contribution in [1.82, 2.24) is 9.55 Å². The number of benzene rings is 2. The van der Waals surface area contributed by atoms with Gasteiger partial charge in [0.2, 0.25) is 0 Å². The molecule has 0 saturated heterocycles. The van der Waals surface area contributed by atoms with Crippen molar-refractivity contribution in [1.29, 1.82) is 0 Å². The second-order valence-electron chi connectivity index (χ2n) is 7.48. The highest BCUT2D eigenvalue weighted by Crippen LogP contribution is 2.34. The molecule has 1 heterocycles. The van der Waals surface area contributed by atoms with E-state index >= 15 is 0 Å². The standard InChI is InChI=1S/C21H25IN2O/c1-5-25-13-18-23-20(22)19(24(18)14-21(2,3)4)17-12-8-10-15-9-6-7-11-16(15)17/h6-12H,5,13-14H2,1-4H3. The molecule has 0 bridgehead atoms. The predicted molar refractivity (Wildman–Crippen MR) is 113 cm³/mol. The van der Waals surface area contributed by atoms with Crippen molar-refractivity contribution in [3.63, 3.8) is 0 Å². The smallest absolute Gasteiger partial charge is 0.136 e. The van der Waals surface area contributed by atoms with Crippen LogP contribution in [0.15, 0.2) is 42.5 Å². The summed E-state index contributed by atoms with van der Waals surface area (Å²) < 4.78 is 9.06. The van der Waals surface area contributed by atoms with Gasteiger partial charge < -0.3 is 9.30 Å². The lowest BCUT2D eigenvalue weighted by atomic mass is 9.96. The molecule has 0 radical (unpaired) electrons. The van der Waals surface area contributed by atoms with E-state index in [1.807, 2.05) is 6.92 Å². The molecule has 3 aromatic rings. The topological polar surface area (TPSA) is 27.1 Å². The summed E-state index contributed by atoms with van der Waals surface area (Å²) in [5.74, 6) is 1.00. The Hall–Kier alpha value is -1.40. The summed E-state index contributed by atoms with van der Waals surface area (Å²) in [5.41, 5.74) is 2.59. The van der Waals surface area contributed by atoms with Crippen LogP contribution < -0.4 is 0 Å². The number of fused-ring (bicyclic) bond motifs is 1. The Kier molecular flexibility index (Phi) is 5.49. The van der Waals surface area contributed by atoms with Gasteiger partial charge in [0.25, 0.3) is 0 Å². The van der Waals surface area contributed by atoms with E-state index in [4.69, 9.17) is 9.72 Å². The molecule has 25 heavy (non-hydrogen) atoms. The number of imidazole rings is 1. The number of halogens is 1. The maximum absolute atomic E-state index is 5.68. The molecule has 4 heteroatoms. The van der Waals surface area contributed by atoms with Gasteiger partial charge >= 0.3 is 0 Å². The van der Waals surface area contributed by atoms with E-state index in [9.17, 15) is 0 Å². The van der Waals surface area contributed by atoms with Crippen LogP contribution in [0.4, 0.5) is 0 Å². The van der Waals surface area contributed by atoms with Crippen molar-refractivity contribution < 1.29 is 4.74 Å². The molecule has 0 atom stereocenters. The van der Waals surface area contributed by atoms with E-state index < -0.39 is 0 Å². The number of rotatable bonds is 5. The Morgan fingerprint density at radius 2 is 1.80 bits per heavy atom. The van der Waals surface area contributed by atoms with E-state index in [1.54, 1.807) is 0 Å². The minimum absolute atomic E-state index is 0.157. The fourth-order valence-electron chi connectivity index (χ4n) is 3.10. The Morgan fingerprint density at radius 1 is 1.08 bits per heavy atom. The zero-order valence-corrected chi connectivity index (χ0v) is 17.5. The Balaban J connectivity index is 2.21. The third-order valence-electron chi connectivity index (χ3n) is 4.12. The van der Waals surface area contributed by atoms with Crippen molar-refractivity contribution >= 4 is 33.4 Å². The maximum Gasteiger partial charge on any atom is 0.136 e. The van der Waals surface area contributed by atoms with Crippen LogP contribution in [-0.2, 0) is 17.9 Å². The van der Waals surface area contributed by atoms with Crippen LogP contribution in [0.5, 0.6) is 0 Å². The van der Waals surface area contributed by atoms with Crippen molar-refractivity contribution in [2.75, 3.05) is 6.61 Å². The molecular weight excluding hydrogens is 423 g/mol. The maximum atomic E-state index is 5.68. The van der Waals surface area contributed by atoms with Gasteiger partial charge in [0.05, 0.1) is 5.69 Å². The van der Waals surface area contributed by atoms with Gasteiger partial charge in [0.15, 0.2) is 0 Å². The van der Waals surface area contributed by atoms with Crippen LogP contribution in [0, 0.1) is 9.12 Å². The number of aromatic nitrogens is 2. The number of hydrogen-bond donors (Lipinski definition) is 0. The zero-order valence-electron chi connectivity index (χ0n) is 15.3. The van der Waals surface area contributed by atoms with Gasteiger partial charge in [0.1, 0.15) is 16.1 Å². The average Bonchev–Trinajstić information content (AvgIpc) is 2.86. The minimum Gasteiger partial charge on any atom is -0.374 e. The Labute approximate surface area is 163 Å². The predicted octanol–water partition coefficient (Wildman–Crippen LogP) is 5.89. The summed E-state index contributed by atoms with van der Waals surface area (Å²) in [6, 6.07) is 15.0. The van der Waals surface area contributed by atoms with Crippen LogP contribution in [0.25, 0.3) is 22.0 Å². The van der Waals surface area contributed by atoms with Gasteiger partial charge in [-0.2, -0.15) is 0 Å². The van der Waals surface area contributed by atoms with Crippen LogP contribution in [0.1, 0.15) is 33.5 Å². The van der Waals surface area contributed by atoms with Crippen LogP contribution >= 0.6 is 22.6 Å². The molecule has 3 rings (SSSR count). The fraction of sp³-hybridized carbons (Fsp3) is 0.381. The summed E-state index contributed by atoms with van der Waals surface area (Å²) in [6.45, 7) is 11.0. The second kappa shape index (κ2) is 7.46. The Morgan fingerprint density at radius 3 is 2.52 bits per heavy atom. The highest BCUT2D eigenvalue weighted by molar-refractivity contribution is 14.1. The molecule has 2 aromatic carbocycles. The number of hydrogen-bond acceptors (Lipinski definition) is 2. The SMILES string of the molecule is CCOCc1nc(I)c(-c2cccc3ccccc23)n1CC(C)(C)C. The second-order valence-corrected chi connectivity index (χ2v) is 8.50. The van der Waals surface area contributed by atoms with Crippen molar-refractivity contribution in [2.24, 2.45) is 5.41 Å². The number of nitrogens with zero attached hydrogens (tertiary/aromatic N) is 2. The first-order chi connectivity index (χ1) is 11.9. The van der Waals surface area contributed by atoms with Gasteiger partial charge in [0, 0.05) is 18.7 Å². The third-order valence-corrected chi connectivity index (χ3v) is 4.87. The van der Waals surface area contributed by atoms with Gasteiger partial charge in [-0.05, 0) is 45.7 Å². The number of ether oxygens (including phenoxy) is 1. The molecule has 3 nitrogen and oxygen atoms in total. The average molecular weight is 448 g/mol. The summed E-state index contributed by atoms with van der Waals surface area (Å²) in [4.78, 5) is 4.84. The Bertz CT molecular complexity index is 872. The summed E-state index contributed by atoms with van der Waals surface area (Å²) in [5, 5.41) is 2.52. The van der Waals surface area contributed by atoms with E-state index in [2.05, 4.69) is 90.4 Å². The lowest BCUT2D eigenvalue weighted by Crippen LogP contribution is -2.19. The molecule has 1 aromatic heterocycles. The van der Waals surface area contributed by atoms with Gasteiger partial charge in [-0.1, -0.05) is 63.2 Å². The van der Waals surface area contributed by atoms with E-state index in [0.717, 1.165) is 16.1 Å². The minimum atomic E-state index is 0.157. The van der Waals surface area contributed by atoms with E-state index in [0.29, 0.717) is 13.2 Å². The van der Waals surface area contributed by atoms with Crippen LogP contribution in [0.3, 0.4) is 0 Å². The first-order valence-corrected chi connectivity index (χ1v) is 9.79. The normalized spacial score (nSPS) is 12.0. The van der Waals surface area contributed by atoms with Crippen molar-refractivity contribution in [3.05, 3.63) is 52.0 Å². The first-order valence-electron chi connectivity index (χ1n) is 8.71. The van der Waals surface area contributed by atoms with Crippen molar-refractivity contribution in [2.45, 2.75) is 40.8 Å². The largest absolute Gasteiger partial charge is 0.374 e. The molecule has 0 spiro atoms. The molecule has 0 aliphatic heterocycles. The monoisotopic (exact) mass is 448 g/mol. The fourth-order valence-corrected chi connectivity index (χ4v) is 3.96. The van der Waals surface area contributed by atoms with Crippen LogP contribution in [-0.4, -0.2) is 16.2 Å². The molecule has 132 valence electrons.